The molecule has 1 fully saturated rings. The molecule has 1 unspecified atom stereocenters. The molecule has 0 bridgehead atoms. The van der Waals surface area contributed by atoms with E-state index in [1.807, 2.05) is 11.8 Å². The standard InChI is InChI=1S/C15H22N2O3/c1-3-20-12-5-4-8-17(10-12)15(18)13-7-6-11(19-2)9-14(13)16/h6-7,9,12H,3-5,8,10,16H2,1-2H3. The summed E-state index contributed by atoms with van der Waals surface area (Å²) in [5, 5.41) is 0. The van der Waals surface area contributed by atoms with E-state index in [0.717, 1.165) is 19.4 Å². The van der Waals surface area contributed by atoms with E-state index < -0.39 is 0 Å². The second-order valence-electron chi connectivity index (χ2n) is 4.92. The summed E-state index contributed by atoms with van der Waals surface area (Å²) in [6, 6.07) is 5.16. The van der Waals surface area contributed by atoms with Crippen molar-refractivity contribution in [2.45, 2.75) is 25.9 Å². The van der Waals surface area contributed by atoms with Gasteiger partial charge in [0.25, 0.3) is 5.91 Å². The molecule has 5 nitrogen and oxygen atoms in total. The number of piperidine rings is 1. The minimum Gasteiger partial charge on any atom is -0.497 e. The lowest BCUT2D eigenvalue weighted by Crippen LogP contribution is -2.43. The molecule has 0 radical (unpaired) electrons. The van der Waals surface area contributed by atoms with Gasteiger partial charge < -0.3 is 20.1 Å². The van der Waals surface area contributed by atoms with E-state index in [4.69, 9.17) is 15.2 Å². The number of amides is 1. The van der Waals surface area contributed by atoms with Crippen LogP contribution in [0.25, 0.3) is 0 Å². The molecule has 1 aromatic rings. The molecule has 0 aromatic heterocycles. The highest BCUT2D eigenvalue weighted by molar-refractivity contribution is 5.99. The minimum absolute atomic E-state index is 0.0328. The van der Waals surface area contributed by atoms with E-state index in [-0.39, 0.29) is 12.0 Å². The van der Waals surface area contributed by atoms with Crippen molar-refractivity contribution in [1.82, 2.24) is 4.90 Å². The van der Waals surface area contributed by atoms with Crippen LogP contribution in [0.1, 0.15) is 30.1 Å². The number of hydrogen-bond acceptors (Lipinski definition) is 4. The SMILES string of the molecule is CCOC1CCCN(C(=O)c2ccc(OC)cc2N)C1. The quantitative estimate of drug-likeness (QED) is 0.855. The molecule has 2 N–H and O–H groups in total. The second kappa shape index (κ2) is 6.61. The maximum Gasteiger partial charge on any atom is 0.256 e. The Bertz CT molecular complexity index is 474. The smallest absolute Gasteiger partial charge is 0.256 e. The molecule has 2 rings (SSSR count). The van der Waals surface area contributed by atoms with Crippen molar-refractivity contribution in [3.05, 3.63) is 23.8 Å². The first-order chi connectivity index (χ1) is 9.65. The Labute approximate surface area is 119 Å². The van der Waals surface area contributed by atoms with Crippen LogP contribution in [0.4, 0.5) is 5.69 Å². The van der Waals surface area contributed by atoms with Crippen molar-refractivity contribution in [3.8, 4) is 5.75 Å². The van der Waals surface area contributed by atoms with E-state index in [2.05, 4.69) is 0 Å². The average Bonchev–Trinajstić information content (AvgIpc) is 2.47. The van der Waals surface area contributed by atoms with Gasteiger partial charge in [-0.15, -0.1) is 0 Å². The van der Waals surface area contributed by atoms with Crippen molar-refractivity contribution in [3.63, 3.8) is 0 Å². The van der Waals surface area contributed by atoms with Crippen molar-refractivity contribution < 1.29 is 14.3 Å². The van der Waals surface area contributed by atoms with E-state index in [1.54, 1.807) is 25.3 Å². The number of anilines is 1. The molecule has 0 saturated carbocycles. The second-order valence-corrected chi connectivity index (χ2v) is 4.92. The van der Waals surface area contributed by atoms with Gasteiger partial charge in [-0.05, 0) is 31.9 Å². The van der Waals surface area contributed by atoms with Crippen molar-refractivity contribution in [2.24, 2.45) is 0 Å². The summed E-state index contributed by atoms with van der Waals surface area (Å²) < 4.78 is 10.7. The predicted octanol–water partition coefficient (Wildman–Crippen LogP) is 1.92. The fraction of sp³-hybridized carbons (Fsp3) is 0.533. The minimum atomic E-state index is -0.0328. The summed E-state index contributed by atoms with van der Waals surface area (Å²) in [6.45, 7) is 4.05. The highest BCUT2D eigenvalue weighted by atomic mass is 16.5. The summed E-state index contributed by atoms with van der Waals surface area (Å²) in [4.78, 5) is 14.3. The Morgan fingerprint density at radius 1 is 1.50 bits per heavy atom. The summed E-state index contributed by atoms with van der Waals surface area (Å²) in [5.41, 5.74) is 6.92. The molecule has 0 aliphatic carbocycles. The zero-order chi connectivity index (χ0) is 14.5. The molecule has 1 atom stereocenters. The summed E-state index contributed by atoms with van der Waals surface area (Å²) >= 11 is 0. The first-order valence-electron chi connectivity index (χ1n) is 7.00. The first-order valence-corrected chi connectivity index (χ1v) is 7.00. The van der Waals surface area contributed by atoms with Crippen molar-refractivity contribution >= 4 is 11.6 Å². The van der Waals surface area contributed by atoms with Gasteiger partial charge in [-0.3, -0.25) is 4.79 Å². The molecule has 20 heavy (non-hydrogen) atoms. The number of methoxy groups -OCH3 is 1. The van der Waals surface area contributed by atoms with Crippen LogP contribution < -0.4 is 10.5 Å². The van der Waals surface area contributed by atoms with Crippen LogP contribution in [-0.4, -0.2) is 43.7 Å². The van der Waals surface area contributed by atoms with Gasteiger partial charge in [0.2, 0.25) is 0 Å². The number of hydrogen-bond donors (Lipinski definition) is 1. The molecule has 1 heterocycles. The largest absolute Gasteiger partial charge is 0.497 e. The Kier molecular flexibility index (Phi) is 4.84. The number of carbonyl (C=O) groups excluding carboxylic acids is 1. The van der Waals surface area contributed by atoms with Gasteiger partial charge in [0, 0.05) is 31.5 Å². The van der Waals surface area contributed by atoms with Crippen molar-refractivity contribution in [1.29, 1.82) is 0 Å². The predicted molar refractivity (Wildman–Crippen MR) is 78.0 cm³/mol. The third kappa shape index (κ3) is 3.22. The normalized spacial score (nSPS) is 18.9. The van der Waals surface area contributed by atoms with Gasteiger partial charge in [0.15, 0.2) is 0 Å². The zero-order valence-electron chi connectivity index (χ0n) is 12.1. The Morgan fingerprint density at radius 3 is 2.95 bits per heavy atom. The van der Waals surface area contributed by atoms with Crippen LogP contribution in [0, 0.1) is 0 Å². The van der Waals surface area contributed by atoms with Crippen LogP contribution in [0.15, 0.2) is 18.2 Å². The van der Waals surface area contributed by atoms with Gasteiger partial charge >= 0.3 is 0 Å². The maximum atomic E-state index is 12.5. The first kappa shape index (κ1) is 14.7. The van der Waals surface area contributed by atoms with Crippen LogP contribution in [-0.2, 0) is 4.74 Å². The lowest BCUT2D eigenvalue weighted by molar-refractivity contribution is 0.00728. The number of benzene rings is 1. The third-order valence-corrected chi connectivity index (χ3v) is 3.56. The highest BCUT2D eigenvalue weighted by Crippen LogP contribution is 2.23. The number of nitrogens with zero attached hydrogens (tertiary/aromatic N) is 1. The molecule has 1 aromatic carbocycles. The monoisotopic (exact) mass is 278 g/mol. The Morgan fingerprint density at radius 2 is 2.30 bits per heavy atom. The number of nitrogen functional groups attached to an aromatic ring is 1. The number of carbonyl (C=O) groups is 1. The molecule has 1 saturated heterocycles. The Hall–Kier alpha value is -1.75. The van der Waals surface area contributed by atoms with Gasteiger partial charge in [0.1, 0.15) is 5.75 Å². The number of likely N-dealkylation sites (tertiary alicyclic amines) is 1. The maximum absolute atomic E-state index is 12.5. The third-order valence-electron chi connectivity index (χ3n) is 3.56. The van der Waals surface area contributed by atoms with E-state index in [0.29, 0.717) is 30.2 Å². The van der Waals surface area contributed by atoms with Crippen LogP contribution in [0.5, 0.6) is 5.75 Å². The molecular formula is C15H22N2O3. The average molecular weight is 278 g/mol. The van der Waals surface area contributed by atoms with Crippen LogP contribution in [0.2, 0.25) is 0 Å². The van der Waals surface area contributed by atoms with Gasteiger partial charge in [0.05, 0.1) is 18.8 Å². The van der Waals surface area contributed by atoms with Gasteiger partial charge in [-0.25, -0.2) is 0 Å². The van der Waals surface area contributed by atoms with E-state index >= 15 is 0 Å². The van der Waals surface area contributed by atoms with Gasteiger partial charge in [-0.1, -0.05) is 0 Å². The van der Waals surface area contributed by atoms with Gasteiger partial charge in [-0.2, -0.15) is 0 Å². The van der Waals surface area contributed by atoms with E-state index in [9.17, 15) is 4.79 Å². The van der Waals surface area contributed by atoms with Crippen molar-refractivity contribution in [2.75, 3.05) is 32.5 Å². The van der Waals surface area contributed by atoms with Crippen LogP contribution in [0.3, 0.4) is 0 Å². The summed E-state index contributed by atoms with van der Waals surface area (Å²) in [6.07, 6.45) is 2.11. The van der Waals surface area contributed by atoms with Crippen LogP contribution >= 0.6 is 0 Å². The zero-order valence-corrected chi connectivity index (χ0v) is 12.1. The fourth-order valence-corrected chi connectivity index (χ4v) is 2.53. The highest BCUT2D eigenvalue weighted by Gasteiger charge is 2.25. The van der Waals surface area contributed by atoms with E-state index in [1.165, 1.54) is 0 Å². The summed E-state index contributed by atoms with van der Waals surface area (Å²) in [7, 11) is 1.58. The fourth-order valence-electron chi connectivity index (χ4n) is 2.53. The topological polar surface area (TPSA) is 64.8 Å². The lowest BCUT2D eigenvalue weighted by atomic mass is 10.1. The molecule has 1 aliphatic rings. The summed E-state index contributed by atoms with van der Waals surface area (Å²) in [5.74, 6) is 0.624. The molecule has 1 aliphatic heterocycles. The molecule has 0 spiro atoms. The number of ether oxygens (including phenoxy) is 2. The molecular weight excluding hydrogens is 256 g/mol. The lowest BCUT2D eigenvalue weighted by Gasteiger charge is -2.32. The molecule has 5 heteroatoms. The number of rotatable bonds is 4. The molecule has 110 valence electrons. The Balaban J connectivity index is 2.10. The molecule has 1 amide bonds. The number of nitrogens with two attached hydrogens (primary N) is 1.